The largest absolute Gasteiger partial charge is 0.368 e. The summed E-state index contributed by atoms with van der Waals surface area (Å²) in [6.07, 6.45) is 6.63. The number of nitrogens with one attached hydrogen (secondary N) is 1. The van der Waals surface area contributed by atoms with Gasteiger partial charge in [0.1, 0.15) is 11.5 Å². The predicted molar refractivity (Wildman–Crippen MR) is 130 cm³/mol. The zero-order valence-electron chi connectivity index (χ0n) is 19.1. The minimum atomic E-state index is -0.369. The van der Waals surface area contributed by atoms with Crippen LogP contribution < -0.4 is 16.0 Å². The molecule has 3 aromatic rings. The number of carbonyl (C=O) groups excluding carboxylic acids is 1. The Bertz CT molecular complexity index is 1110. The molecule has 2 unspecified atom stereocenters. The average molecular weight is 448 g/mol. The molecule has 1 aromatic carbocycles. The quantitative estimate of drug-likeness (QED) is 0.567. The van der Waals surface area contributed by atoms with Crippen molar-refractivity contribution >= 4 is 17.3 Å². The lowest BCUT2D eigenvalue weighted by molar-refractivity contribution is 0.102. The van der Waals surface area contributed by atoms with Gasteiger partial charge < -0.3 is 16.0 Å². The summed E-state index contributed by atoms with van der Waals surface area (Å²) >= 11 is 0. The van der Waals surface area contributed by atoms with Gasteiger partial charge in [0.25, 0.3) is 5.91 Å². The van der Waals surface area contributed by atoms with E-state index in [9.17, 15) is 9.18 Å². The molecule has 1 saturated heterocycles. The predicted octanol–water partition coefficient (Wildman–Crippen LogP) is 4.80. The molecule has 2 atom stereocenters. The van der Waals surface area contributed by atoms with Crippen LogP contribution in [0.25, 0.3) is 11.3 Å². The van der Waals surface area contributed by atoms with E-state index in [1.165, 1.54) is 6.07 Å². The first-order chi connectivity index (χ1) is 16.0. The number of anilines is 2. The summed E-state index contributed by atoms with van der Waals surface area (Å²) in [7, 11) is 0. The number of rotatable bonds is 6. The number of halogens is 1. The van der Waals surface area contributed by atoms with Gasteiger partial charge in [0.15, 0.2) is 0 Å². The molecule has 4 rings (SSSR count). The Morgan fingerprint density at radius 3 is 2.82 bits per heavy atom. The Labute approximate surface area is 194 Å². The highest BCUT2D eigenvalue weighted by Crippen LogP contribution is 2.31. The minimum Gasteiger partial charge on any atom is -0.368 e. The number of nitrogens with zero attached hydrogens (tertiary/aromatic N) is 3. The fraction of sp³-hybridized carbons (Fsp3) is 0.346. The number of benzene rings is 1. The lowest BCUT2D eigenvalue weighted by Gasteiger charge is -2.38. The number of hydrogen-bond donors (Lipinski definition) is 2. The van der Waals surface area contributed by atoms with Crippen LogP contribution >= 0.6 is 0 Å². The number of nitrogens with two attached hydrogens (primary N) is 1. The molecule has 3 heterocycles. The SMILES string of the molecule is CCCC1CC(N)CN(c2ccncc2NC(=O)c2cccc(-c3c(C)cccc3F)n2)C1. The monoisotopic (exact) mass is 447 g/mol. The zero-order chi connectivity index (χ0) is 23.4. The van der Waals surface area contributed by atoms with Crippen molar-refractivity contribution in [1.29, 1.82) is 0 Å². The van der Waals surface area contributed by atoms with Crippen LogP contribution in [-0.2, 0) is 0 Å². The average Bonchev–Trinajstić information content (AvgIpc) is 2.79. The molecule has 1 fully saturated rings. The minimum absolute atomic E-state index is 0.0920. The van der Waals surface area contributed by atoms with E-state index >= 15 is 0 Å². The molecule has 1 aliphatic heterocycles. The van der Waals surface area contributed by atoms with E-state index < -0.39 is 0 Å². The maximum absolute atomic E-state index is 14.4. The number of carbonyl (C=O) groups is 1. The Morgan fingerprint density at radius 1 is 1.21 bits per heavy atom. The van der Waals surface area contributed by atoms with E-state index in [1.807, 2.05) is 19.1 Å². The van der Waals surface area contributed by atoms with Gasteiger partial charge in [0, 0.05) is 30.9 Å². The third kappa shape index (κ3) is 5.20. The second-order valence-electron chi connectivity index (χ2n) is 8.74. The Hall–Kier alpha value is -3.32. The van der Waals surface area contributed by atoms with Crippen LogP contribution in [0.15, 0.2) is 54.9 Å². The summed E-state index contributed by atoms with van der Waals surface area (Å²) in [5.74, 6) is -0.206. The number of pyridine rings is 2. The molecule has 0 spiro atoms. The highest BCUT2D eigenvalue weighted by atomic mass is 19.1. The highest BCUT2D eigenvalue weighted by Gasteiger charge is 2.26. The Morgan fingerprint density at radius 2 is 2.03 bits per heavy atom. The van der Waals surface area contributed by atoms with Crippen molar-refractivity contribution in [3.63, 3.8) is 0 Å². The molecule has 3 N–H and O–H groups in total. The van der Waals surface area contributed by atoms with Crippen LogP contribution in [0.2, 0.25) is 0 Å². The molecule has 6 nitrogen and oxygen atoms in total. The van der Waals surface area contributed by atoms with E-state index in [1.54, 1.807) is 36.7 Å². The van der Waals surface area contributed by atoms with Crippen molar-refractivity contribution in [2.24, 2.45) is 11.7 Å². The van der Waals surface area contributed by atoms with Gasteiger partial charge in [0.2, 0.25) is 0 Å². The van der Waals surface area contributed by atoms with E-state index in [-0.39, 0.29) is 23.5 Å². The Balaban J connectivity index is 1.58. The van der Waals surface area contributed by atoms with Gasteiger partial charge in [-0.1, -0.05) is 31.5 Å². The van der Waals surface area contributed by atoms with Crippen molar-refractivity contribution in [3.8, 4) is 11.3 Å². The first kappa shape index (κ1) is 22.9. The van der Waals surface area contributed by atoms with Gasteiger partial charge in [0.05, 0.1) is 23.3 Å². The van der Waals surface area contributed by atoms with Crippen molar-refractivity contribution in [1.82, 2.24) is 9.97 Å². The van der Waals surface area contributed by atoms with Crippen molar-refractivity contribution in [2.75, 3.05) is 23.3 Å². The molecular weight excluding hydrogens is 417 g/mol. The number of hydrogen-bond acceptors (Lipinski definition) is 5. The van der Waals surface area contributed by atoms with Crippen LogP contribution in [0.1, 0.15) is 42.2 Å². The number of piperidine rings is 1. The van der Waals surface area contributed by atoms with Crippen molar-refractivity contribution < 1.29 is 9.18 Å². The van der Waals surface area contributed by atoms with Crippen LogP contribution in [0.3, 0.4) is 0 Å². The smallest absolute Gasteiger partial charge is 0.274 e. The maximum Gasteiger partial charge on any atom is 0.274 e. The molecule has 1 amide bonds. The first-order valence-corrected chi connectivity index (χ1v) is 11.4. The molecule has 2 aromatic heterocycles. The zero-order valence-corrected chi connectivity index (χ0v) is 19.1. The fourth-order valence-electron chi connectivity index (χ4n) is 4.66. The fourth-order valence-corrected chi connectivity index (χ4v) is 4.66. The van der Waals surface area contributed by atoms with Crippen molar-refractivity contribution in [3.05, 3.63) is 71.9 Å². The lowest BCUT2D eigenvalue weighted by Crippen LogP contribution is -2.47. The Kier molecular flexibility index (Phi) is 6.99. The van der Waals surface area contributed by atoms with Gasteiger partial charge in [-0.25, -0.2) is 9.37 Å². The molecule has 1 aliphatic rings. The second-order valence-corrected chi connectivity index (χ2v) is 8.74. The molecule has 0 radical (unpaired) electrons. The third-order valence-corrected chi connectivity index (χ3v) is 6.11. The van der Waals surface area contributed by atoms with E-state index in [0.717, 1.165) is 43.6 Å². The van der Waals surface area contributed by atoms with Crippen LogP contribution in [0.4, 0.5) is 15.8 Å². The van der Waals surface area contributed by atoms with Gasteiger partial charge in [-0.05, 0) is 55.5 Å². The summed E-state index contributed by atoms with van der Waals surface area (Å²) in [5, 5.41) is 2.95. The number of aromatic nitrogens is 2. The summed E-state index contributed by atoms with van der Waals surface area (Å²) in [5.41, 5.74) is 9.65. The maximum atomic E-state index is 14.4. The van der Waals surface area contributed by atoms with Gasteiger partial charge >= 0.3 is 0 Å². The number of amides is 1. The van der Waals surface area contributed by atoms with E-state index in [0.29, 0.717) is 22.9 Å². The second kappa shape index (κ2) is 10.1. The van der Waals surface area contributed by atoms with Gasteiger partial charge in [-0.15, -0.1) is 0 Å². The molecule has 0 saturated carbocycles. The first-order valence-electron chi connectivity index (χ1n) is 11.4. The molecule has 33 heavy (non-hydrogen) atoms. The van der Waals surface area contributed by atoms with Crippen LogP contribution in [0, 0.1) is 18.7 Å². The highest BCUT2D eigenvalue weighted by molar-refractivity contribution is 6.04. The topological polar surface area (TPSA) is 84.1 Å². The molecule has 172 valence electrons. The molecule has 0 bridgehead atoms. The standard InChI is InChI=1S/C26H30FN5O/c1-3-6-18-13-19(28)16-32(15-18)24-11-12-29-14-23(24)31-26(33)22-10-5-9-21(30-22)25-17(2)7-4-8-20(25)27/h4-5,7-12,14,18-19H,3,6,13,15-16,28H2,1-2H3,(H,31,33). The number of aryl methyl sites for hydroxylation is 1. The molecule has 0 aliphatic carbocycles. The summed E-state index contributed by atoms with van der Waals surface area (Å²) < 4.78 is 14.4. The van der Waals surface area contributed by atoms with Crippen LogP contribution in [0.5, 0.6) is 0 Å². The van der Waals surface area contributed by atoms with Crippen LogP contribution in [-0.4, -0.2) is 35.0 Å². The van der Waals surface area contributed by atoms with Crippen molar-refractivity contribution in [2.45, 2.75) is 39.2 Å². The van der Waals surface area contributed by atoms with E-state index in [2.05, 4.69) is 27.1 Å². The molecular formula is C26H30FN5O. The van der Waals surface area contributed by atoms with Gasteiger partial charge in [-0.2, -0.15) is 0 Å². The summed E-state index contributed by atoms with van der Waals surface area (Å²) in [4.78, 5) is 24.0. The van der Waals surface area contributed by atoms with E-state index in [4.69, 9.17) is 5.73 Å². The molecule has 7 heteroatoms. The third-order valence-electron chi connectivity index (χ3n) is 6.11. The summed E-state index contributed by atoms with van der Waals surface area (Å²) in [6, 6.07) is 11.9. The lowest BCUT2D eigenvalue weighted by atomic mass is 9.90. The normalized spacial score (nSPS) is 18.2. The van der Waals surface area contributed by atoms with Gasteiger partial charge in [-0.3, -0.25) is 9.78 Å². The summed E-state index contributed by atoms with van der Waals surface area (Å²) in [6.45, 7) is 5.64.